The molecule has 0 radical (unpaired) electrons. The molecule has 0 unspecified atom stereocenters. The molecule has 1 saturated heterocycles. The Morgan fingerprint density at radius 3 is 2.70 bits per heavy atom. The van der Waals surface area contributed by atoms with Crippen LogP contribution in [0.5, 0.6) is 0 Å². The Morgan fingerprint density at radius 2 is 2.30 bits per heavy atom. The van der Waals surface area contributed by atoms with Crippen molar-refractivity contribution >= 4 is 22.6 Å². The molecule has 1 fully saturated rings. The molecule has 60 valence electrons. The fourth-order valence-electron chi connectivity index (χ4n) is 1.13. The third-order valence-electron chi connectivity index (χ3n) is 1.89. The average Bonchev–Trinajstić information content (AvgIpc) is 2.05. The predicted octanol–water partition coefficient (Wildman–Crippen LogP) is 1.21. The van der Waals surface area contributed by atoms with Crippen molar-refractivity contribution in [3.63, 3.8) is 0 Å². The molecule has 0 amide bonds. The Bertz CT molecular complexity index is 77.6. The maximum Gasteiger partial charge on any atom is 0.0664 e. The smallest absolute Gasteiger partial charge is 0.0664 e. The van der Waals surface area contributed by atoms with Crippen LogP contribution in [0.2, 0.25) is 0 Å². The molecule has 1 rings (SSSR count). The molecular formula is C7H13IO2. The van der Waals surface area contributed by atoms with E-state index in [1.165, 1.54) is 0 Å². The van der Waals surface area contributed by atoms with Crippen molar-refractivity contribution in [2.45, 2.75) is 18.9 Å². The van der Waals surface area contributed by atoms with Crippen LogP contribution in [0.15, 0.2) is 0 Å². The molecule has 1 N–H and O–H groups in total. The van der Waals surface area contributed by atoms with Crippen LogP contribution in [0.25, 0.3) is 0 Å². The van der Waals surface area contributed by atoms with Crippen molar-refractivity contribution in [3.8, 4) is 0 Å². The molecule has 0 bridgehead atoms. The minimum Gasteiger partial charge on any atom is -0.396 e. The van der Waals surface area contributed by atoms with Gasteiger partial charge in [-0.2, -0.15) is 0 Å². The van der Waals surface area contributed by atoms with Crippen molar-refractivity contribution in [3.05, 3.63) is 0 Å². The van der Waals surface area contributed by atoms with Gasteiger partial charge in [0.1, 0.15) is 0 Å². The maximum atomic E-state index is 8.77. The van der Waals surface area contributed by atoms with E-state index >= 15 is 0 Å². The number of aliphatic hydroxyl groups excluding tert-OH is 1. The zero-order valence-electron chi connectivity index (χ0n) is 5.92. The van der Waals surface area contributed by atoms with E-state index < -0.39 is 0 Å². The summed E-state index contributed by atoms with van der Waals surface area (Å²) in [5.74, 6) is 0.402. The quantitative estimate of drug-likeness (QED) is 0.594. The van der Waals surface area contributed by atoms with E-state index in [1.54, 1.807) is 0 Å². The van der Waals surface area contributed by atoms with E-state index in [2.05, 4.69) is 22.6 Å². The van der Waals surface area contributed by atoms with Gasteiger partial charge in [-0.3, -0.25) is 0 Å². The number of alkyl halides is 1. The van der Waals surface area contributed by atoms with E-state index in [1.807, 2.05) is 0 Å². The van der Waals surface area contributed by atoms with Gasteiger partial charge >= 0.3 is 0 Å². The lowest BCUT2D eigenvalue weighted by atomic mass is 10.0. The molecule has 0 aromatic carbocycles. The summed E-state index contributed by atoms with van der Waals surface area (Å²) in [6.45, 7) is 1.04. The van der Waals surface area contributed by atoms with Gasteiger partial charge < -0.3 is 9.84 Å². The first-order chi connectivity index (χ1) is 4.86. The largest absolute Gasteiger partial charge is 0.396 e. The summed E-state index contributed by atoms with van der Waals surface area (Å²) in [5, 5.41) is 8.77. The lowest BCUT2D eigenvalue weighted by Gasteiger charge is -2.26. The molecule has 3 heteroatoms. The van der Waals surface area contributed by atoms with Crippen molar-refractivity contribution in [1.29, 1.82) is 0 Å². The van der Waals surface area contributed by atoms with Crippen LogP contribution < -0.4 is 0 Å². The number of hydrogen-bond donors (Lipinski definition) is 1. The van der Waals surface area contributed by atoms with Crippen LogP contribution in [-0.2, 0) is 4.74 Å². The molecule has 1 aliphatic rings. The lowest BCUT2D eigenvalue weighted by Crippen LogP contribution is -2.28. The molecule has 0 aromatic heterocycles. The van der Waals surface area contributed by atoms with Crippen molar-refractivity contribution in [2.75, 3.05) is 17.6 Å². The summed E-state index contributed by atoms with van der Waals surface area (Å²) >= 11 is 2.34. The summed E-state index contributed by atoms with van der Waals surface area (Å²) in [6, 6.07) is 0. The van der Waals surface area contributed by atoms with Crippen LogP contribution >= 0.6 is 22.6 Å². The second-order valence-electron chi connectivity index (χ2n) is 2.74. The Hall–Kier alpha value is 0.650. The Labute approximate surface area is 75.1 Å². The van der Waals surface area contributed by atoms with Crippen LogP contribution in [0, 0.1) is 5.92 Å². The van der Waals surface area contributed by atoms with E-state index in [9.17, 15) is 0 Å². The molecule has 0 spiro atoms. The number of hydrogen-bond acceptors (Lipinski definition) is 2. The minimum absolute atomic E-state index is 0.286. The van der Waals surface area contributed by atoms with Gasteiger partial charge in [0.05, 0.1) is 12.7 Å². The third-order valence-corrected chi connectivity index (χ3v) is 2.88. The van der Waals surface area contributed by atoms with Gasteiger partial charge in [-0.1, -0.05) is 22.6 Å². The van der Waals surface area contributed by atoms with Crippen LogP contribution in [0.4, 0.5) is 0 Å². The van der Waals surface area contributed by atoms with E-state index in [0.717, 1.165) is 23.9 Å². The number of ether oxygens (including phenoxy) is 1. The second-order valence-corrected chi connectivity index (χ2v) is 3.62. The maximum absolute atomic E-state index is 8.77. The first-order valence-corrected chi connectivity index (χ1v) is 5.17. The van der Waals surface area contributed by atoms with Gasteiger partial charge in [-0.05, 0) is 12.8 Å². The molecule has 10 heavy (non-hydrogen) atoms. The zero-order valence-corrected chi connectivity index (χ0v) is 8.08. The van der Waals surface area contributed by atoms with Crippen molar-refractivity contribution in [1.82, 2.24) is 0 Å². The molecule has 1 heterocycles. The molecule has 0 saturated carbocycles. The second kappa shape index (κ2) is 4.51. The summed E-state index contributed by atoms with van der Waals surface area (Å²) in [6.07, 6.45) is 2.70. The predicted molar refractivity (Wildman–Crippen MR) is 48.4 cm³/mol. The Balaban J connectivity index is 2.17. The number of rotatable bonds is 2. The van der Waals surface area contributed by atoms with Crippen molar-refractivity contribution < 1.29 is 9.84 Å². The van der Waals surface area contributed by atoms with Gasteiger partial charge in [0, 0.05) is 17.0 Å². The highest BCUT2D eigenvalue weighted by Crippen LogP contribution is 2.19. The molecule has 0 aliphatic carbocycles. The third kappa shape index (κ3) is 2.36. The molecular weight excluding hydrogens is 243 g/mol. The molecule has 0 aromatic rings. The van der Waals surface area contributed by atoms with E-state index in [4.69, 9.17) is 9.84 Å². The summed E-state index contributed by atoms with van der Waals surface area (Å²) < 4.78 is 6.54. The standard InChI is InChI=1S/C7H13IO2/c8-3-7-2-1-6(4-9)5-10-7/h6-7,9H,1-5H2/t6-,7+/m1/s1. The number of aliphatic hydroxyl groups is 1. The fraction of sp³-hybridized carbons (Fsp3) is 1.00. The van der Waals surface area contributed by atoms with Gasteiger partial charge in [-0.25, -0.2) is 0 Å². The van der Waals surface area contributed by atoms with Gasteiger partial charge in [0.15, 0.2) is 0 Å². The zero-order chi connectivity index (χ0) is 7.40. The monoisotopic (exact) mass is 256 g/mol. The van der Waals surface area contributed by atoms with Gasteiger partial charge in [0.2, 0.25) is 0 Å². The molecule has 2 nitrogen and oxygen atoms in total. The first-order valence-electron chi connectivity index (χ1n) is 3.65. The highest BCUT2D eigenvalue weighted by Gasteiger charge is 2.19. The van der Waals surface area contributed by atoms with Crippen molar-refractivity contribution in [2.24, 2.45) is 5.92 Å². The van der Waals surface area contributed by atoms with Gasteiger partial charge in [0.25, 0.3) is 0 Å². The topological polar surface area (TPSA) is 29.5 Å². The highest BCUT2D eigenvalue weighted by molar-refractivity contribution is 14.1. The lowest BCUT2D eigenvalue weighted by molar-refractivity contribution is -0.0165. The molecule has 1 aliphatic heterocycles. The normalized spacial score (nSPS) is 34.2. The highest BCUT2D eigenvalue weighted by atomic mass is 127. The van der Waals surface area contributed by atoms with E-state index in [-0.39, 0.29) is 6.61 Å². The Morgan fingerprint density at radius 1 is 1.50 bits per heavy atom. The average molecular weight is 256 g/mol. The Kier molecular flexibility index (Phi) is 3.95. The van der Waals surface area contributed by atoms with Crippen LogP contribution in [0.3, 0.4) is 0 Å². The number of halogens is 1. The van der Waals surface area contributed by atoms with Gasteiger partial charge in [-0.15, -0.1) is 0 Å². The molecule has 2 atom stereocenters. The summed E-state index contributed by atoms with van der Waals surface area (Å²) in [7, 11) is 0. The van der Waals surface area contributed by atoms with Crippen LogP contribution in [0.1, 0.15) is 12.8 Å². The SMILES string of the molecule is OC[C@H]1CC[C@@H](CI)OC1. The fourth-order valence-corrected chi connectivity index (χ4v) is 1.82. The van der Waals surface area contributed by atoms with Crippen LogP contribution in [-0.4, -0.2) is 28.9 Å². The first kappa shape index (κ1) is 8.74. The minimum atomic E-state index is 0.286. The summed E-state index contributed by atoms with van der Waals surface area (Å²) in [4.78, 5) is 0. The summed E-state index contributed by atoms with van der Waals surface area (Å²) in [5.41, 5.74) is 0. The van der Waals surface area contributed by atoms with E-state index in [0.29, 0.717) is 12.0 Å².